The summed E-state index contributed by atoms with van der Waals surface area (Å²) in [7, 11) is 3.75. The third kappa shape index (κ3) is 3.25. The summed E-state index contributed by atoms with van der Waals surface area (Å²) in [4.78, 5) is 16.8. The molecule has 5 rings (SSSR count). The Bertz CT molecular complexity index is 1420. The second-order valence-corrected chi connectivity index (χ2v) is 8.24. The van der Waals surface area contributed by atoms with Crippen LogP contribution in [0.15, 0.2) is 65.5 Å². The summed E-state index contributed by atoms with van der Waals surface area (Å²) in [5.74, 6) is 0.701. The third-order valence-electron chi connectivity index (χ3n) is 5.65. The van der Waals surface area contributed by atoms with Crippen LogP contribution in [0.2, 0.25) is 0 Å². The lowest BCUT2D eigenvalue weighted by Gasteiger charge is -2.11. The van der Waals surface area contributed by atoms with Crippen LogP contribution < -0.4 is 10.1 Å². The van der Waals surface area contributed by atoms with E-state index in [4.69, 9.17) is 4.74 Å². The molecule has 0 aliphatic carbocycles. The van der Waals surface area contributed by atoms with Gasteiger partial charge in [-0.2, -0.15) is 11.3 Å². The van der Waals surface area contributed by atoms with Gasteiger partial charge in [-0.1, -0.05) is 12.1 Å². The molecule has 0 bridgehead atoms. The van der Waals surface area contributed by atoms with Crippen LogP contribution in [-0.2, 0) is 7.05 Å². The minimum absolute atomic E-state index is 0.104. The zero-order valence-corrected chi connectivity index (χ0v) is 18.3. The van der Waals surface area contributed by atoms with Crippen LogP contribution in [0.5, 0.6) is 5.75 Å². The van der Waals surface area contributed by atoms with Crippen LogP contribution in [0.3, 0.4) is 0 Å². The largest absolute Gasteiger partial charge is 0.496 e. The van der Waals surface area contributed by atoms with Gasteiger partial charge in [-0.05, 0) is 48.2 Å². The lowest BCUT2D eigenvalue weighted by Crippen LogP contribution is -2.10. The van der Waals surface area contributed by atoms with Crippen LogP contribution in [0, 0.1) is 6.92 Å². The van der Waals surface area contributed by atoms with Gasteiger partial charge in [0.15, 0.2) is 0 Å². The Morgan fingerprint density at radius 2 is 1.90 bits per heavy atom. The first-order valence-electron chi connectivity index (χ1n) is 9.92. The van der Waals surface area contributed by atoms with Gasteiger partial charge in [-0.3, -0.25) is 9.78 Å². The van der Waals surface area contributed by atoms with Crippen molar-refractivity contribution in [2.75, 3.05) is 12.4 Å². The monoisotopic (exact) mass is 427 g/mol. The van der Waals surface area contributed by atoms with E-state index in [1.807, 2.05) is 54.2 Å². The van der Waals surface area contributed by atoms with Gasteiger partial charge in [0.25, 0.3) is 5.91 Å². The highest BCUT2D eigenvalue weighted by Crippen LogP contribution is 2.38. The van der Waals surface area contributed by atoms with Crippen molar-refractivity contribution in [2.45, 2.75) is 6.92 Å². The number of anilines is 1. The highest BCUT2D eigenvalue weighted by molar-refractivity contribution is 7.08. The van der Waals surface area contributed by atoms with Crippen LogP contribution in [-0.4, -0.2) is 22.6 Å². The highest BCUT2D eigenvalue weighted by Gasteiger charge is 2.16. The number of ether oxygens (including phenoxy) is 1. The number of aryl methyl sites for hydroxylation is 2. The van der Waals surface area contributed by atoms with Crippen molar-refractivity contribution in [2.24, 2.45) is 7.05 Å². The molecule has 3 heterocycles. The average Bonchev–Trinajstić information content (AvgIpc) is 3.42. The minimum Gasteiger partial charge on any atom is -0.496 e. The Morgan fingerprint density at radius 3 is 2.61 bits per heavy atom. The average molecular weight is 428 g/mol. The number of pyridine rings is 1. The molecule has 6 heteroatoms. The Labute approximate surface area is 183 Å². The number of benzene rings is 2. The number of methoxy groups -OCH3 is 1. The van der Waals surface area contributed by atoms with E-state index in [9.17, 15) is 4.79 Å². The standard InChI is InChI=1S/C25H21N3O2S/c1-15-24-19(8-10-26-15)21-12-20(23(30-3)13-22(21)28(24)2)16-4-6-18(7-5-16)27-25(29)17-9-11-31-14-17/h4-14H,1-3H3,(H,27,29). The minimum atomic E-state index is -0.104. The molecule has 5 nitrogen and oxygen atoms in total. The van der Waals surface area contributed by atoms with Crippen molar-refractivity contribution < 1.29 is 9.53 Å². The fourth-order valence-electron chi connectivity index (χ4n) is 4.11. The molecule has 0 fully saturated rings. The Morgan fingerprint density at radius 1 is 1.10 bits per heavy atom. The summed E-state index contributed by atoms with van der Waals surface area (Å²) in [6.07, 6.45) is 1.85. The number of thiophene rings is 1. The third-order valence-corrected chi connectivity index (χ3v) is 6.33. The number of carbonyl (C=O) groups excluding carboxylic acids is 1. The van der Waals surface area contributed by atoms with Crippen LogP contribution in [0.1, 0.15) is 16.1 Å². The molecule has 3 aromatic heterocycles. The number of nitrogens with zero attached hydrogens (tertiary/aromatic N) is 2. The molecule has 0 saturated heterocycles. The molecule has 31 heavy (non-hydrogen) atoms. The fraction of sp³-hybridized carbons (Fsp3) is 0.120. The summed E-state index contributed by atoms with van der Waals surface area (Å²) in [5.41, 5.74) is 6.69. The lowest BCUT2D eigenvalue weighted by atomic mass is 10.0. The molecule has 1 amide bonds. The van der Waals surface area contributed by atoms with Crippen molar-refractivity contribution in [3.8, 4) is 16.9 Å². The van der Waals surface area contributed by atoms with E-state index >= 15 is 0 Å². The quantitative estimate of drug-likeness (QED) is 0.381. The van der Waals surface area contributed by atoms with Gasteiger partial charge in [-0.25, -0.2) is 0 Å². The molecule has 1 N–H and O–H groups in total. The predicted octanol–water partition coefficient (Wildman–Crippen LogP) is 6.02. The van der Waals surface area contributed by atoms with Gasteiger partial charge >= 0.3 is 0 Å². The van der Waals surface area contributed by atoms with Gasteiger partial charge in [-0.15, -0.1) is 0 Å². The van der Waals surface area contributed by atoms with Gasteiger partial charge in [0.05, 0.1) is 29.4 Å². The van der Waals surface area contributed by atoms with Crippen molar-refractivity contribution in [1.82, 2.24) is 9.55 Å². The van der Waals surface area contributed by atoms with E-state index in [2.05, 4.69) is 40.1 Å². The summed E-state index contributed by atoms with van der Waals surface area (Å²) < 4.78 is 7.90. The topological polar surface area (TPSA) is 56.1 Å². The first-order valence-corrected chi connectivity index (χ1v) is 10.9. The summed E-state index contributed by atoms with van der Waals surface area (Å²) in [5, 5.41) is 9.01. The van der Waals surface area contributed by atoms with E-state index in [0.29, 0.717) is 5.56 Å². The molecular weight excluding hydrogens is 406 g/mol. The molecule has 2 aromatic carbocycles. The maximum absolute atomic E-state index is 12.3. The maximum atomic E-state index is 12.3. The predicted molar refractivity (Wildman–Crippen MR) is 127 cm³/mol. The zero-order valence-electron chi connectivity index (χ0n) is 17.5. The molecule has 0 spiro atoms. The maximum Gasteiger partial charge on any atom is 0.256 e. The first kappa shape index (κ1) is 19.3. The van der Waals surface area contributed by atoms with Crippen molar-refractivity contribution in [1.29, 1.82) is 0 Å². The summed E-state index contributed by atoms with van der Waals surface area (Å²) in [6, 6.07) is 16.0. The molecule has 0 aliphatic heterocycles. The Kier molecular flexibility index (Phi) is 4.71. The normalized spacial score (nSPS) is 11.2. The molecular formula is C25H21N3O2S. The van der Waals surface area contributed by atoms with E-state index in [1.54, 1.807) is 7.11 Å². The summed E-state index contributed by atoms with van der Waals surface area (Å²) >= 11 is 1.51. The number of aromatic nitrogens is 2. The highest BCUT2D eigenvalue weighted by atomic mass is 32.1. The van der Waals surface area contributed by atoms with E-state index in [0.717, 1.165) is 44.7 Å². The van der Waals surface area contributed by atoms with Gasteiger partial charge in [0.2, 0.25) is 0 Å². The van der Waals surface area contributed by atoms with Crippen LogP contribution >= 0.6 is 11.3 Å². The van der Waals surface area contributed by atoms with E-state index in [1.165, 1.54) is 16.7 Å². The number of carbonyl (C=O) groups is 1. The van der Waals surface area contributed by atoms with Gasteiger partial charge in [0.1, 0.15) is 5.75 Å². The summed E-state index contributed by atoms with van der Waals surface area (Å²) in [6.45, 7) is 2.03. The van der Waals surface area contributed by atoms with Gasteiger partial charge < -0.3 is 14.6 Å². The number of hydrogen-bond donors (Lipinski definition) is 1. The van der Waals surface area contributed by atoms with E-state index < -0.39 is 0 Å². The fourth-order valence-corrected chi connectivity index (χ4v) is 4.74. The molecule has 0 atom stereocenters. The number of amides is 1. The van der Waals surface area contributed by atoms with Gasteiger partial charge in [0, 0.05) is 46.7 Å². The second kappa shape index (κ2) is 7.56. The lowest BCUT2D eigenvalue weighted by molar-refractivity contribution is 0.102. The molecule has 0 aliphatic rings. The number of fused-ring (bicyclic) bond motifs is 3. The Hall–Kier alpha value is -3.64. The van der Waals surface area contributed by atoms with Crippen LogP contribution in [0.4, 0.5) is 5.69 Å². The van der Waals surface area contributed by atoms with Crippen molar-refractivity contribution in [3.05, 3.63) is 76.7 Å². The van der Waals surface area contributed by atoms with E-state index in [-0.39, 0.29) is 5.91 Å². The second-order valence-electron chi connectivity index (χ2n) is 7.46. The van der Waals surface area contributed by atoms with Crippen LogP contribution in [0.25, 0.3) is 32.9 Å². The SMILES string of the molecule is COc1cc2c(cc1-c1ccc(NC(=O)c3ccsc3)cc1)c1ccnc(C)c1n2C. The molecule has 0 radical (unpaired) electrons. The molecule has 5 aromatic rings. The first-order chi connectivity index (χ1) is 15.1. The Balaban J connectivity index is 1.57. The van der Waals surface area contributed by atoms with Crippen molar-refractivity contribution >= 4 is 44.7 Å². The zero-order chi connectivity index (χ0) is 21.5. The number of hydrogen-bond acceptors (Lipinski definition) is 4. The molecule has 0 unspecified atom stereocenters. The smallest absolute Gasteiger partial charge is 0.256 e. The molecule has 154 valence electrons. The van der Waals surface area contributed by atoms with Crippen molar-refractivity contribution in [3.63, 3.8) is 0 Å². The molecule has 0 saturated carbocycles. The number of nitrogens with one attached hydrogen (secondary N) is 1. The number of rotatable bonds is 4.